The maximum absolute atomic E-state index is 11.1. The van der Waals surface area contributed by atoms with Gasteiger partial charge < -0.3 is 9.47 Å². The number of ether oxygens (including phenoxy) is 2. The van der Waals surface area contributed by atoms with Gasteiger partial charge in [0.15, 0.2) is 12.4 Å². The van der Waals surface area contributed by atoms with Crippen LogP contribution in [0.2, 0.25) is 0 Å². The van der Waals surface area contributed by atoms with Crippen LogP contribution in [0.1, 0.15) is 17.3 Å². The van der Waals surface area contributed by atoms with Crippen LogP contribution >= 0.6 is 15.9 Å². The fourth-order valence-electron chi connectivity index (χ4n) is 1.12. The first-order valence-corrected chi connectivity index (χ1v) is 5.37. The quantitative estimate of drug-likeness (QED) is 0.629. The molecular formula is C11H11BrO4. The summed E-state index contributed by atoms with van der Waals surface area (Å²) in [6, 6.07) is 4.96. The standard InChI is InChI=1S/C11H11BrO4/c1-7(11(14)15-2)16-10-4-3-9(12)5-8(10)6-13/h3-7H,1-2H3/t7-/m0/s1. The number of carbonyl (C=O) groups is 2. The summed E-state index contributed by atoms with van der Waals surface area (Å²) in [7, 11) is 1.28. The van der Waals surface area contributed by atoms with Crippen molar-refractivity contribution in [1.82, 2.24) is 0 Å². The molecule has 0 N–H and O–H groups in total. The SMILES string of the molecule is COC(=O)[C@H](C)Oc1ccc(Br)cc1C=O. The van der Waals surface area contributed by atoms with E-state index in [9.17, 15) is 9.59 Å². The summed E-state index contributed by atoms with van der Waals surface area (Å²) in [6.45, 7) is 1.56. The molecule has 1 aromatic carbocycles. The molecule has 86 valence electrons. The van der Waals surface area contributed by atoms with Gasteiger partial charge in [-0.2, -0.15) is 0 Å². The van der Waals surface area contributed by atoms with Crippen LogP contribution in [0.4, 0.5) is 0 Å². The number of methoxy groups -OCH3 is 1. The molecule has 1 aromatic rings. The normalized spacial score (nSPS) is 11.7. The molecule has 0 saturated carbocycles. The van der Waals surface area contributed by atoms with Crippen LogP contribution in [0.5, 0.6) is 5.75 Å². The molecule has 0 aliphatic carbocycles. The first-order chi connectivity index (χ1) is 7.58. The van der Waals surface area contributed by atoms with E-state index < -0.39 is 12.1 Å². The lowest BCUT2D eigenvalue weighted by Crippen LogP contribution is -2.25. The van der Waals surface area contributed by atoms with Gasteiger partial charge in [0.05, 0.1) is 12.7 Å². The zero-order chi connectivity index (χ0) is 12.1. The molecule has 1 atom stereocenters. The van der Waals surface area contributed by atoms with E-state index in [2.05, 4.69) is 20.7 Å². The third kappa shape index (κ3) is 3.06. The van der Waals surface area contributed by atoms with E-state index in [1.54, 1.807) is 25.1 Å². The monoisotopic (exact) mass is 286 g/mol. The van der Waals surface area contributed by atoms with Crippen LogP contribution < -0.4 is 4.74 Å². The molecule has 16 heavy (non-hydrogen) atoms. The lowest BCUT2D eigenvalue weighted by atomic mass is 10.2. The highest BCUT2D eigenvalue weighted by Gasteiger charge is 2.16. The van der Waals surface area contributed by atoms with Gasteiger partial charge in [0.2, 0.25) is 0 Å². The van der Waals surface area contributed by atoms with Gasteiger partial charge in [-0.15, -0.1) is 0 Å². The largest absolute Gasteiger partial charge is 0.478 e. The molecule has 0 aliphatic rings. The molecule has 0 amide bonds. The number of benzene rings is 1. The fourth-order valence-corrected chi connectivity index (χ4v) is 1.50. The van der Waals surface area contributed by atoms with Crippen molar-refractivity contribution >= 4 is 28.2 Å². The summed E-state index contributed by atoms with van der Waals surface area (Å²) >= 11 is 3.24. The average molecular weight is 287 g/mol. The number of halogens is 1. The number of carbonyl (C=O) groups excluding carboxylic acids is 2. The van der Waals surface area contributed by atoms with Crippen molar-refractivity contribution in [3.05, 3.63) is 28.2 Å². The number of esters is 1. The first-order valence-electron chi connectivity index (χ1n) is 4.57. The molecular weight excluding hydrogens is 276 g/mol. The van der Waals surface area contributed by atoms with Crippen molar-refractivity contribution in [2.24, 2.45) is 0 Å². The Morgan fingerprint density at radius 1 is 1.50 bits per heavy atom. The number of aldehydes is 1. The van der Waals surface area contributed by atoms with E-state index in [1.165, 1.54) is 7.11 Å². The van der Waals surface area contributed by atoms with Crippen LogP contribution in [-0.4, -0.2) is 25.5 Å². The molecule has 0 unspecified atom stereocenters. The summed E-state index contributed by atoms with van der Waals surface area (Å²) in [6.07, 6.45) is -0.0748. The molecule has 0 bridgehead atoms. The Kier molecular flexibility index (Phi) is 4.49. The Morgan fingerprint density at radius 2 is 2.19 bits per heavy atom. The molecule has 0 aromatic heterocycles. The average Bonchev–Trinajstić information content (AvgIpc) is 2.30. The van der Waals surface area contributed by atoms with Gasteiger partial charge in [0, 0.05) is 4.47 Å². The predicted octanol–water partition coefficient (Wildman–Crippen LogP) is 2.20. The molecule has 0 aliphatic heterocycles. The zero-order valence-electron chi connectivity index (χ0n) is 8.90. The second-order valence-electron chi connectivity index (χ2n) is 3.08. The van der Waals surface area contributed by atoms with Crippen LogP contribution in [0.25, 0.3) is 0 Å². The van der Waals surface area contributed by atoms with E-state index >= 15 is 0 Å². The van der Waals surface area contributed by atoms with Crippen molar-refractivity contribution in [3.8, 4) is 5.75 Å². The lowest BCUT2D eigenvalue weighted by Gasteiger charge is -2.13. The van der Waals surface area contributed by atoms with Crippen molar-refractivity contribution in [2.75, 3.05) is 7.11 Å². The number of hydrogen-bond donors (Lipinski definition) is 0. The minimum absolute atomic E-state index is 0.358. The Balaban J connectivity index is 2.88. The van der Waals surface area contributed by atoms with E-state index in [0.29, 0.717) is 17.6 Å². The molecule has 0 heterocycles. The van der Waals surface area contributed by atoms with Gasteiger partial charge in [-0.1, -0.05) is 15.9 Å². The van der Waals surface area contributed by atoms with E-state index in [0.717, 1.165) is 4.47 Å². The predicted molar refractivity (Wildman–Crippen MR) is 61.6 cm³/mol. The molecule has 0 saturated heterocycles. The van der Waals surface area contributed by atoms with Gasteiger partial charge in [-0.25, -0.2) is 4.79 Å². The molecule has 0 radical (unpaired) electrons. The third-order valence-electron chi connectivity index (χ3n) is 1.94. The van der Waals surface area contributed by atoms with Crippen molar-refractivity contribution < 1.29 is 19.1 Å². The molecule has 5 heteroatoms. The molecule has 0 fully saturated rings. The highest BCUT2D eigenvalue weighted by atomic mass is 79.9. The van der Waals surface area contributed by atoms with Gasteiger partial charge in [0.25, 0.3) is 0 Å². The third-order valence-corrected chi connectivity index (χ3v) is 2.43. The van der Waals surface area contributed by atoms with Gasteiger partial charge in [0.1, 0.15) is 5.75 Å². The Hall–Kier alpha value is -1.36. The van der Waals surface area contributed by atoms with Crippen molar-refractivity contribution in [3.63, 3.8) is 0 Å². The van der Waals surface area contributed by atoms with Crippen LogP contribution in [-0.2, 0) is 9.53 Å². The second kappa shape index (κ2) is 5.65. The Bertz CT molecular complexity index is 403. The van der Waals surface area contributed by atoms with E-state index in [-0.39, 0.29) is 0 Å². The second-order valence-corrected chi connectivity index (χ2v) is 4.00. The topological polar surface area (TPSA) is 52.6 Å². The highest BCUT2D eigenvalue weighted by molar-refractivity contribution is 9.10. The Morgan fingerprint density at radius 3 is 2.75 bits per heavy atom. The first kappa shape index (κ1) is 12.7. The summed E-state index contributed by atoms with van der Waals surface area (Å²) < 4.78 is 10.6. The highest BCUT2D eigenvalue weighted by Crippen LogP contribution is 2.22. The summed E-state index contributed by atoms with van der Waals surface area (Å²) in [5.41, 5.74) is 0.380. The Labute approximate surface area is 102 Å². The minimum atomic E-state index is -0.745. The lowest BCUT2D eigenvalue weighted by molar-refractivity contribution is -0.147. The van der Waals surface area contributed by atoms with Gasteiger partial charge in [-0.05, 0) is 25.1 Å². The maximum atomic E-state index is 11.1. The van der Waals surface area contributed by atoms with Crippen LogP contribution in [0, 0.1) is 0 Å². The fraction of sp³-hybridized carbons (Fsp3) is 0.273. The van der Waals surface area contributed by atoms with Gasteiger partial charge >= 0.3 is 5.97 Å². The smallest absolute Gasteiger partial charge is 0.346 e. The van der Waals surface area contributed by atoms with Crippen molar-refractivity contribution in [1.29, 1.82) is 0 Å². The maximum Gasteiger partial charge on any atom is 0.346 e. The molecule has 4 nitrogen and oxygen atoms in total. The van der Waals surface area contributed by atoms with Crippen molar-refractivity contribution in [2.45, 2.75) is 13.0 Å². The molecule has 1 rings (SSSR count). The summed E-state index contributed by atoms with van der Waals surface area (Å²) in [4.78, 5) is 21.9. The number of rotatable bonds is 4. The molecule has 0 spiro atoms. The van der Waals surface area contributed by atoms with Crippen LogP contribution in [0.3, 0.4) is 0 Å². The van der Waals surface area contributed by atoms with Crippen LogP contribution in [0.15, 0.2) is 22.7 Å². The zero-order valence-corrected chi connectivity index (χ0v) is 10.5. The van der Waals surface area contributed by atoms with E-state index in [4.69, 9.17) is 4.74 Å². The van der Waals surface area contributed by atoms with Gasteiger partial charge in [-0.3, -0.25) is 4.79 Å². The minimum Gasteiger partial charge on any atom is -0.478 e. The van der Waals surface area contributed by atoms with E-state index in [1.807, 2.05) is 0 Å². The number of hydrogen-bond acceptors (Lipinski definition) is 4. The summed E-state index contributed by atoms with van der Waals surface area (Å²) in [5.74, 6) is -0.129. The summed E-state index contributed by atoms with van der Waals surface area (Å²) in [5, 5.41) is 0.